The number of hydrazine groups is 1. The lowest BCUT2D eigenvalue weighted by Crippen LogP contribution is -2.41. The maximum absolute atomic E-state index is 12.0. The maximum atomic E-state index is 12.0. The molecule has 25 heavy (non-hydrogen) atoms. The summed E-state index contributed by atoms with van der Waals surface area (Å²) in [6, 6.07) is 14.9. The van der Waals surface area contributed by atoms with Gasteiger partial charge in [0, 0.05) is 16.9 Å². The van der Waals surface area contributed by atoms with Crippen LogP contribution in [0.3, 0.4) is 0 Å². The third-order valence-electron chi connectivity index (χ3n) is 3.51. The van der Waals surface area contributed by atoms with Gasteiger partial charge in [-0.1, -0.05) is 18.2 Å². The van der Waals surface area contributed by atoms with Gasteiger partial charge in [-0.25, -0.2) is 0 Å². The number of benzene rings is 2. The highest BCUT2D eigenvalue weighted by Crippen LogP contribution is 2.32. The van der Waals surface area contributed by atoms with Crippen molar-refractivity contribution in [1.82, 2.24) is 10.9 Å². The quantitative estimate of drug-likeness (QED) is 0.472. The fourth-order valence-corrected chi connectivity index (χ4v) is 3.11. The first kappa shape index (κ1) is 17.2. The van der Waals surface area contributed by atoms with E-state index in [0.29, 0.717) is 23.5 Å². The Morgan fingerprint density at radius 2 is 1.80 bits per heavy atom. The average molecular weight is 358 g/mol. The highest BCUT2D eigenvalue weighted by Gasteiger charge is 2.16. The Balaban J connectivity index is 1.36. The summed E-state index contributed by atoms with van der Waals surface area (Å²) < 4.78 is 10.4. The summed E-state index contributed by atoms with van der Waals surface area (Å²) in [5.41, 5.74) is 5.23. The summed E-state index contributed by atoms with van der Waals surface area (Å²) in [6.07, 6.45) is 1.08. The van der Waals surface area contributed by atoms with Crippen LogP contribution < -0.4 is 20.3 Å². The molecular weight excluding hydrogens is 340 g/mol. The number of hydrogen-bond acceptors (Lipinski definition) is 5. The van der Waals surface area contributed by atoms with Gasteiger partial charge in [0.2, 0.25) is 12.7 Å². The predicted octanol–water partition coefficient (Wildman–Crippen LogP) is 2.75. The molecule has 0 aromatic heterocycles. The summed E-state index contributed by atoms with van der Waals surface area (Å²) in [5.74, 6) is 1.36. The van der Waals surface area contributed by atoms with E-state index in [2.05, 4.69) is 10.9 Å². The Morgan fingerprint density at radius 1 is 1.00 bits per heavy atom. The number of fused-ring (bicyclic) bond motifs is 1. The van der Waals surface area contributed by atoms with Gasteiger partial charge in [-0.3, -0.25) is 20.4 Å². The fourth-order valence-electron chi connectivity index (χ4n) is 2.24. The predicted molar refractivity (Wildman–Crippen MR) is 94.6 cm³/mol. The molecule has 3 rings (SSSR count). The largest absolute Gasteiger partial charge is 0.454 e. The standard InChI is InChI=1S/C18H18N2O4S/c21-17(7-4-10-25-14-5-2-1-3-6-14)19-20-18(22)13-8-9-15-16(11-13)24-12-23-15/h1-3,5-6,8-9,11H,4,7,10,12H2,(H,19,21)(H,20,22). The van der Waals surface area contributed by atoms with E-state index in [9.17, 15) is 9.59 Å². The smallest absolute Gasteiger partial charge is 0.269 e. The zero-order valence-corrected chi connectivity index (χ0v) is 14.3. The Bertz CT molecular complexity index is 752. The van der Waals surface area contributed by atoms with Crippen molar-refractivity contribution in [3.8, 4) is 11.5 Å². The molecule has 2 amide bonds. The minimum Gasteiger partial charge on any atom is -0.454 e. The third-order valence-corrected chi connectivity index (χ3v) is 4.61. The minimum atomic E-state index is -0.398. The maximum Gasteiger partial charge on any atom is 0.269 e. The van der Waals surface area contributed by atoms with Gasteiger partial charge in [0.1, 0.15) is 0 Å². The molecule has 1 aliphatic heterocycles. The zero-order valence-electron chi connectivity index (χ0n) is 13.5. The SMILES string of the molecule is O=C(CCCSc1ccccc1)NNC(=O)c1ccc2c(c1)OCO2. The number of nitrogens with one attached hydrogen (secondary N) is 2. The lowest BCUT2D eigenvalue weighted by Gasteiger charge is -2.08. The van der Waals surface area contributed by atoms with E-state index in [1.54, 1.807) is 30.0 Å². The van der Waals surface area contributed by atoms with Crippen LogP contribution in [0.1, 0.15) is 23.2 Å². The van der Waals surface area contributed by atoms with Gasteiger partial charge < -0.3 is 9.47 Å². The fraction of sp³-hybridized carbons (Fsp3) is 0.222. The zero-order chi connectivity index (χ0) is 17.5. The molecule has 1 heterocycles. The second-order valence-electron chi connectivity index (χ2n) is 5.34. The van der Waals surface area contributed by atoms with Crippen molar-refractivity contribution in [2.75, 3.05) is 12.5 Å². The topological polar surface area (TPSA) is 76.7 Å². The van der Waals surface area contributed by atoms with Gasteiger partial charge in [0.05, 0.1) is 0 Å². The van der Waals surface area contributed by atoms with Crippen molar-refractivity contribution in [3.63, 3.8) is 0 Å². The Hall–Kier alpha value is -2.67. The number of carbonyl (C=O) groups excluding carboxylic acids is 2. The molecule has 0 fully saturated rings. The second-order valence-corrected chi connectivity index (χ2v) is 6.50. The average Bonchev–Trinajstić information content (AvgIpc) is 3.12. The summed E-state index contributed by atoms with van der Waals surface area (Å²) in [5, 5.41) is 0. The lowest BCUT2D eigenvalue weighted by atomic mass is 10.2. The molecular formula is C18H18N2O4S. The highest BCUT2D eigenvalue weighted by atomic mass is 32.2. The Kier molecular flexibility index (Phi) is 5.79. The second kappa shape index (κ2) is 8.43. The lowest BCUT2D eigenvalue weighted by molar-refractivity contribution is -0.121. The number of carbonyl (C=O) groups is 2. The molecule has 2 aromatic rings. The molecule has 0 spiro atoms. The normalized spacial score (nSPS) is 11.8. The van der Waals surface area contributed by atoms with Crippen LogP contribution in [0.4, 0.5) is 0 Å². The molecule has 0 atom stereocenters. The first-order valence-electron chi connectivity index (χ1n) is 7.89. The summed E-state index contributed by atoms with van der Waals surface area (Å²) >= 11 is 1.70. The van der Waals surface area contributed by atoms with E-state index in [0.717, 1.165) is 12.2 Å². The van der Waals surface area contributed by atoms with E-state index in [1.165, 1.54) is 4.90 Å². The van der Waals surface area contributed by atoms with Crippen molar-refractivity contribution in [3.05, 3.63) is 54.1 Å². The summed E-state index contributed by atoms with van der Waals surface area (Å²) in [7, 11) is 0. The number of hydrogen-bond donors (Lipinski definition) is 2. The van der Waals surface area contributed by atoms with E-state index in [1.807, 2.05) is 30.3 Å². The molecule has 2 N–H and O–H groups in total. The van der Waals surface area contributed by atoms with E-state index in [-0.39, 0.29) is 12.7 Å². The number of thioether (sulfide) groups is 1. The van der Waals surface area contributed by atoms with Gasteiger partial charge in [0.15, 0.2) is 11.5 Å². The van der Waals surface area contributed by atoms with Crippen LogP contribution in [0.5, 0.6) is 11.5 Å². The first-order chi connectivity index (χ1) is 12.2. The van der Waals surface area contributed by atoms with Crippen LogP contribution in [-0.4, -0.2) is 24.4 Å². The van der Waals surface area contributed by atoms with E-state index in [4.69, 9.17) is 9.47 Å². The Morgan fingerprint density at radius 3 is 2.64 bits per heavy atom. The number of ether oxygens (including phenoxy) is 2. The molecule has 0 saturated carbocycles. The molecule has 7 heteroatoms. The summed E-state index contributed by atoms with van der Waals surface area (Å²) in [6.45, 7) is 0.151. The number of amides is 2. The molecule has 0 radical (unpaired) electrons. The highest BCUT2D eigenvalue weighted by molar-refractivity contribution is 7.99. The van der Waals surface area contributed by atoms with Gasteiger partial charge in [0.25, 0.3) is 5.91 Å². The molecule has 0 saturated heterocycles. The summed E-state index contributed by atoms with van der Waals surface area (Å²) in [4.78, 5) is 25.0. The molecule has 2 aromatic carbocycles. The van der Waals surface area contributed by atoms with Crippen LogP contribution in [0, 0.1) is 0 Å². The third kappa shape index (κ3) is 4.90. The molecule has 0 aliphatic carbocycles. The van der Waals surface area contributed by atoms with Crippen molar-refractivity contribution >= 4 is 23.6 Å². The molecule has 1 aliphatic rings. The van der Waals surface area contributed by atoms with Crippen molar-refractivity contribution in [2.24, 2.45) is 0 Å². The molecule has 0 bridgehead atoms. The van der Waals surface area contributed by atoms with Crippen molar-refractivity contribution < 1.29 is 19.1 Å². The Labute approximate surface area is 149 Å². The van der Waals surface area contributed by atoms with Crippen LogP contribution in [-0.2, 0) is 4.79 Å². The molecule has 0 unspecified atom stereocenters. The van der Waals surface area contributed by atoms with Gasteiger partial charge in [-0.2, -0.15) is 0 Å². The van der Waals surface area contributed by atoms with Crippen LogP contribution in [0.2, 0.25) is 0 Å². The first-order valence-corrected chi connectivity index (χ1v) is 8.87. The molecule has 6 nitrogen and oxygen atoms in total. The monoisotopic (exact) mass is 358 g/mol. The van der Waals surface area contributed by atoms with E-state index < -0.39 is 5.91 Å². The number of rotatable bonds is 6. The van der Waals surface area contributed by atoms with Crippen LogP contribution >= 0.6 is 11.8 Å². The molecule has 130 valence electrons. The van der Waals surface area contributed by atoms with Crippen LogP contribution in [0.25, 0.3) is 0 Å². The van der Waals surface area contributed by atoms with Crippen LogP contribution in [0.15, 0.2) is 53.4 Å². The van der Waals surface area contributed by atoms with Crippen molar-refractivity contribution in [2.45, 2.75) is 17.7 Å². The van der Waals surface area contributed by atoms with E-state index >= 15 is 0 Å². The van der Waals surface area contributed by atoms with Gasteiger partial charge in [-0.15, -0.1) is 11.8 Å². The van der Waals surface area contributed by atoms with Crippen molar-refractivity contribution in [1.29, 1.82) is 0 Å². The minimum absolute atomic E-state index is 0.151. The van der Waals surface area contributed by atoms with Gasteiger partial charge >= 0.3 is 0 Å². The van der Waals surface area contributed by atoms with Gasteiger partial charge in [-0.05, 0) is 42.5 Å².